The van der Waals surface area contributed by atoms with E-state index in [1.165, 1.54) is 0 Å². The lowest BCUT2D eigenvalue weighted by molar-refractivity contribution is -0.122. The van der Waals surface area contributed by atoms with Crippen LogP contribution in [-0.4, -0.2) is 38.4 Å². The molecule has 3 N–H and O–H groups in total. The van der Waals surface area contributed by atoms with E-state index in [0.717, 1.165) is 16.3 Å². The van der Waals surface area contributed by atoms with Crippen molar-refractivity contribution in [1.29, 1.82) is 0 Å². The van der Waals surface area contributed by atoms with Crippen molar-refractivity contribution in [3.8, 4) is 0 Å². The maximum Gasteiger partial charge on any atom is 0.237 e. The van der Waals surface area contributed by atoms with E-state index in [0.29, 0.717) is 6.42 Å². The molecule has 0 aliphatic carbocycles. The molecule has 5 nitrogen and oxygen atoms in total. The summed E-state index contributed by atoms with van der Waals surface area (Å²) in [5.74, 6) is -0.404. The number of carbonyl (C=O) groups excluding carboxylic acids is 1. The molecule has 0 spiro atoms. The molecule has 1 aromatic rings. The molecule has 0 aromatic heterocycles. The van der Waals surface area contributed by atoms with Crippen molar-refractivity contribution in [2.24, 2.45) is 5.73 Å². The first-order valence-electron chi connectivity index (χ1n) is 6.66. The molecule has 0 aliphatic rings. The normalized spacial score (nSPS) is 14.5. The molecular formula is C14H21BrN2O3S. The Bertz CT molecular complexity index is 590. The third-order valence-electron chi connectivity index (χ3n) is 3.01. The molecule has 1 aromatic carbocycles. The number of sulfone groups is 1. The summed E-state index contributed by atoms with van der Waals surface area (Å²) in [6, 6.07) is 6.91. The van der Waals surface area contributed by atoms with Crippen molar-refractivity contribution in [2.45, 2.75) is 31.8 Å². The third kappa shape index (κ3) is 7.06. The Balaban J connectivity index is 2.48. The van der Waals surface area contributed by atoms with Gasteiger partial charge in [0.1, 0.15) is 9.84 Å². The first-order valence-corrected chi connectivity index (χ1v) is 9.51. The van der Waals surface area contributed by atoms with Crippen molar-refractivity contribution in [3.63, 3.8) is 0 Å². The predicted molar refractivity (Wildman–Crippen MR) is 87.8 cm³/mol. The van der Waals surface area contributed by atoms with Gasteiger partial charge in [0.05, 0.1) is 11.8 Å². The van der Waals surface area contributed by atoms with Crippen LogP contribution in [0.15, 0.2) is 28.7 Å². The Morgan fingerprint density at radius 3 is 2.57 bits per heavy atom. The van der Waals surface area contributed by atoms with Gasteiger partial charge in [0.15, 0.2) is 0 Å². The summed E-state index contributed by atoms with van der Waals surface area (Å²) in [5, 5.41) is 2.81. The van der Waals surface area contributed by atoms with E-state index >= 15 is 0 Å². The molecule has 7 heteroatoms. The van der Waals surface area contributed by atoms with Crippen LogP contribution in [0.5, 0.6) is 0 Å². The van der Waals surface area contributed by atoms with Crippen LogP contribution < -0.4 is 11.1 Å². The molecule has 0 saturated carbocycles. The van der Waals surface area contributed by atoms with Crippen molar-refractivity contribution in [1.82, 2.24) is 5.32 Å². The zero-order valence-corrected chi connectivity index (χ0v) is 14.6. The first kappa shape index (κ1) is 18.1. The number of rotatable bonds is 7. The van der Waals surface area contributed by atoms with Crippen LogP contribution in [0.1, 0.15) is 18.9 Å². The lowest BCUT2D eigenvalue weighted by Crippen LogP contribution is -2.45. The minimum atomic E-state index is -3.10. The molecule has 2 unspecified atom stereocenters. The van der Waals surface area contributed by atoms with E-state index in [9.17, 15) is 13.2 Å². The van der Waals surface area contributed by atoms with E-state index in [1.54, 1.807) is 0 Å². The highest BCUT2D eigenvalue weighted by molar-refractivity contribution is 9.10. The zero-order valence-electron chi connectivity index (χ0n) is 12.2. The lowest BCUT2D eigenvalue weighted by atomic mass is 10.1. The van der Waals surface area contributed by atoms with Crippen LogP contribution in [0.25, 0.3) is 0 Å². The molecule has 1 amide bonds. The van der Waals surface area contributed by atoms with Crippen LogP contribution in [0.3, 0.4) is 0 Å². The van der Waals surface area contributed by atoms with Gasteiger partial charge in [0, 0.05) is 16.8 Å². The topological polar surface area (TPSA) is 89.3 Å². The fourth-order valence-electron chi connectivity index (χ4n) is 1.87. The number of carbonyl (C=O) groups is 1. The number of amides is 1. The van der Waals surface area contributed by atoms with Gasteiger partial charge in [-0.15, -0.1) is 0 Å². The molecule has 0 radical (unpaired) electrons. The SMILES string of the molecule is CC(Cc1ccccc1Br)NC(=O)C(N)CCS(C)(=O)=O. The Hall–Kier alpha value is -0.920. The quantitative estimate of drug-likeness (QED) is 0.749. The minimum absolute atomic E-state index is 0.0829. The van der Waals surface area contributed by atoms with Crippen molar-refractivity contribution in [2.75, 3.05) is 12.0 Å². The predicted octanol–water partition coefficient (Wildman–Crippen LogP) is 1.26. The lowest BCUT2D eigenvalue weighted by Gasteiger charge is -2.18. The van der Waals surface area contributed by atoms with E-state index in [1.807, 2.05) is 31.2 Å². The molecule has 1 rings (SSSR count). The van der Waals surface area contributed by atoms with Gasteiger partial charge >= 0.3 is 0 Å². The van der Waals surface area contributed by atoms with Crippen molar-refractivity contribution >= 4 is 31.7 Å². The fraction of sp³-hybridized carbons (Fsp3) is 0.500. The van der Waals surface area contributed by atoms with Crippen LogP contribution in [0, 0.1) is 0 Å². The van der Waals surface area contributed by atoms with Crippen molar-refractivity contribution in [3.05, 3.63) is 34.3 Å². The van der Waals surface area contributed by atoms with E-state index in [-0.39, 0.29) is 24.1 Å². The van der Waals surface area contributed by atoms with Crippen molar-refractivity contribution < 1.29 is 13.2 Å². The van der Waals surface area contributed by atoms with Gasteiger partial charge in [0.2, 0.25) is 5.91 Å². The highest BCUT2D eigenvalue weighted by Crippen LogP contribution is 2.17. The van der Waals surface area contributed by atoms with Gasteiger partial charge in [-0.1, -0.05) is 34.1 Å². The molecule has 0 fully saturated rings. The molecule has 0 aliphatic heterocycles. The average molecular weight is 377 g/mol. The Morgan fingerprint density at radius 1 is 1.38 bits per heavy atom. The molecule has 0 bridgehead atoms. The van der Waals surface area contributed by atoms with Crippen LogP contribution in [0.2, 0.25) is 0 Å². The zero-order chi connectivity index (χ0) is 16.0. The molecule has 0 heterocycles. The van der Waals surface area contributed by atoms with Crippen LogP contribution in [-0.2, 0) is 21.1 Å². The van der Waals surface area contributed by atoms with Gasteiger partial charge in [-0.3, -0.25) is 4.79 Å². The van der Waals surface area contributed by atoms with Gasteiger partial charge in [0.25, 0.3) is 0 Å². The number of hydrogen-bond acceptors (Lipinski definition) is 4. The maximum absolute atomic E-state index is 11.9. The Kier molecular flexibility index (Phi) is 6.83. The average Bonchev–Trinajstić information content (AvgIpc) is 2.37. The summed E-state index contributed by atoms with van der Waals surface area (Å²) in [7, 11) is -3.10. The van der Waals surface area contributed by atoms with Gasteiger partial charge in [-0.05, 0) is 31.4 Å². The summed E-state index contributed by atoms with van der Waals surface area (Å²) in [5.41, 5.74) is 6.80. The first-order chi connectivity index (χ1) is 9.69. The number of benzene rings is 1. The van der Waals surface area contributed by atoms with Crippen LogP contribution >= 0.6 is 15.9 Å². The maximum atomic E-state index is 11.9. The van der Waals surface area contributed by atoms with Crippen LogP contribution in [0.4, 0.5) is 0 Å². The minimum Gasteiger partial charge on any atom is -0.352 e. The summed E-state index contributed by atoms with van der Waals surface area (Å²) in [6.45, 7) is 1.89. The Morgan fingerprint density at radius 2 is 2.00 bits per heavy atom. The summed E-state index contributed by atoms with van der Waals surface area (Å²) in [6.07, 6.45) is 1.94. The van der Waals surface area contributed by atoms with E-state index in [4.69, 9.17) is 5.73 Å². The second-order valence-electron chi connectivity index (χ2n) is 5.23. The summed E-state index contributed by atoms with van der Waals surface area (Å²) in [4.78, 5) is 11.9. The second-order valence-corrected chi connectivity index (χ2v) is 8.34. The monoisotopic (exact) mass is 376 g/mol. The molecule has 2 atom stereocenters. The smallest absolute Gasteiger partial charge is 0.237 e. The standard InChI is InChI=1S/C14H21BrN2O3S/c1-10(9-11-5-3-4-6-12(11)15)17-14(18)13(16)7-8-21(2,19)20/h3-6,10,13H,7-9,16H2,1-2H3,(H,17,18). The van der Waals surface area contributed by atoms with Gasteiger partial charge < -0.3 is 11.1 Å². The highest BCUT2D eigenvalue weighted by Gasteiger charge is 2.18. The fourth-order valence-corrected chi connectivity index (χ4v) is 3.00. The highest BCUT2D eigenvalue weighted by atomic mass is 79.9. The second kappa shape index (κ2) is 7.91. The summed E-state index contributed by atoms with van der Waals surface area (Å²) < 4.78 is 23.1. The number of nitrogens with two attached hydrogens (primary N) is 1. The third-order valence-corrected chi connectivity index (χ3v) is 4.76. The van der Waals surface area contributed by atoms with E-state index in [2.05, 4.69) is 21.2 Å². The summed E-state index contributed by atoms with van der Waals surface area (Å²) >= 11 is 3.46. The molecule has 21 heavy (non-hydrogen) atoms. The molecule has 0 saturated heterocycles. The molecular weight excluding hydrogens is 356 g/mol. The number of nitrogens with one attached hydrogen (secondary N) is 1. The van der Waals surface area contributed by atoms with Gasteiger partial charge in [-0.25, -0.2) is 8.42 Å². The Labute approximate surface area is 134 Å². The largest absolute Gasteiger partial charge is 0.352 e. The number of hydrogen-bond donors (Lipinski definition) is 2. The van der Waals surface area contributed by atoms with E-state index < -0.39 is 15.9 Å². The number of halogens is 1. The molecule has 118 valence electrons. The van der Waals surface area contributed by atoms with Gasteiger partial charge in [-0.2, -0.15) is 0 Å².